The second-order valence-electron chi connectivity index (χ2n) is 9.09. The van der Waals surface area contributed by atoms with Crippen molar-refractivity contribution in [3.8, 4) is 0 Å². The molecule has 10 heteroatoms. The highest BCUT2D eigenvalue weighted by Crippen LogP contribution is 2.28. The van der Waals surface area contributed by atoms with Crippen molar-refractivity contribution in [2.45, 2.75) is 31.7 Å². The molecule has 2 aliphatic rings. The lowest BCUT2D eigenvalue weighted by atomic mass is 9.94. The minimum Gasteiger partial charge on any atom is -0.333 e. The first-order chi connectivity index (χ1) is 16.9. The fraction of sp³-hybridized carbons (Fsp3) is 0.400. The summed E-state index contributed by atoms with van der Waals surface area (Å²) in [6.45, 7) is 1.14. The molecule has 4 amide bonds. The number of urea groups is 1. The third kappa shape index (κ3) is 5.65. The number of amides is 4. The minimum absolute atomic E-state index is 0.0518. The summed E-state index contributed by atoms with van der Waals surface area (Å²) in [5, 5.41) is 6.25. The Bertz CT molecular complexity index is 1070. The zero-order valence-corrected chi connectivity index (χ0v) is 21.3. The number of likely N-dealkylation sites (N-methyl/N-ethyl adjacent to an activating group) is 1. The van der Waals surface area contributed by atoms with Gasteiger partial charge in [0, 0.05) is 20.1 Å². The van der Waals surface area contributed by atoms with Crippen LogP contribution in [0.4, 0.5) is 4.79 Å². The highest BCUT2D eigenvalue weighted by Gasteiger charge is 2.50. The number of carbonyl (C=O) groups excluding carboxylic acids is 3. The number of hydrogen-bond acceptors (Lipinski definition) is 5. The number of thioether (sulfide) groups is 1. The number of hydrogen-bond donors (Lipinski definition) is 1. The maximum absolute atomic E-state index is 13.6. The highest BCUT2D eigenvalue weighted by atomic mass is 32.2. The number of benzene rings is 2. The Kier molecular flexibility index (Phi) is 8.02. The zero-order chi connectivity index (χ0) is 24.9. The van der Waals surface area contributed by atoms with Gasteiger partial charge in [-0.2, -0.15) is 11.8 Å². The van der Waals surface area contributed by atoms with Crippen LogP contribution in [0.15, 0.2) is 54.6 Å². The van der Waals surface area contributed by atoms with Crippen molar-refractivity contribution < 1.29 is 14.4 Å². The van der Waals surface area contributed by atoms with Gasteiger partial charge in [-0.15, -0.1) is 0 Å². The first-order valence-electron chi connectivity index (χ1n) is 11.9. The molecular weight excluding hydrogens is 461 g/mol. The summed E-state index contributed by atoms with van der Waals surface area (Å²) in [7, 11) is 3.77. The van der Waals surface area contributed by atoms with E-state index >= 15 is 0 Å². The summed E-state index contributed by atoms with van der Waals surface area (Å²) in [6, 6.07) is 16.9. The van der Waals surface area contributed by atoms with E-state index < -0.39 is 12.2 Å². The van der Waals surface area contributed by atoms with E-state index in [2.05, 4.69) is 11.4 Å². The molecule has 2 aliphatic heterocycles. The largest absolute Gasteiger partial charge is 0.334 e. The fourth-order valence-electron chi connectivity index (χ4n) is 4.84. The maximum atomic E-state index is 13.6. The average Bonchev–Trinajstić information content (AvgIpc) is 2.83. The number of piperazine rings is 1. The van der Waals surface area contributed by atoms with E-state index in [1.165, 1.54) is 0 Å². The van der Waals surface area contributed by atoms with Gasteiger partial charge in [0.05, 0.1) is 13.1 Å². The van der Waals surface area contributed by atoms with Gasteiger partial charge < -0.3 is 15.1 Å². The van der Waals surface area contributed by atoms with Gasteiger partial charge in [0.15, 0.2) is 0 Å². The van der Waals surface area contributed by atoms with Crippen molar-refractivity contribution in [3.05, 3.63) is 65.7 Å². The molecule has 8 nitrogen and oxygen atoms in total. The molecule has 2 aromatic carbocycles. The Hall–Kier alpha value is -2.98. The van der Waals surface area contributed by atoms with E-state index in [1.54, 1.807) is 38.6 Å². The van der Waals surface area contributed by atoms with Crippen LogP contribution in [-0.2, 0) is 22.7 Å². The molecule has 0 saturated carbocycles. The molecule has 2 saturated heterocycles. The Morgan fingerprint density at radius 2 is 1.86 bits per heavy atom. The van der Waals surface area contributed by atoms with Crippen LogP contribution < -0.4 is 10.8 Å². The van der Waals surface area contributed by atoms with Crippen molar-refractivity contribution in [2.75, 3.05) is 32.1 Å². The summed E-state index contributed by atoms with van der Waals surface area (Å²) < 4.78 is 0. The topological polar surface area (TPSA) is 76.2 Å². The molecule has 4 rings (SSSR count). The Morgan fingerprint density at radius 1 is 1.11 bits per heavy atom. The molecule has 184 valence electrons. The molecule has 2 aromatic rings. The van der Waals surface area contributed by atoms with E-state index in [0.717, 1.165) is 22.3 Å². The first-order valence-corrected chi connectivity index (χ1v) is 13.2. The van der Waals surface area contributed by atoms with Crippen molar-refractivity contribution in [2.24, 2.45) is 0 Å². The molecule has 0 spiro atoms. The normalized spacial score (nSPS) is 20.7. The molecule has 0 radical (unpaired) electrons. The van der Waals surface area contributed by atoms with Gasteiger partial charge in [0.1, 0.15) is 20.1 Å². The molecule has 2 atom stereocenters. The minimum atomic E-state index is -0.586. The van der Waals surface area contributed by atoms with Crippen LogP contribution >= 0.6 is 11.8 Å². The number of hydrazine groups is 1. The molecular formula is C25H32BN5O3S. The second-order valence-corrected chi connectivity index (χ2v) is 10.1. The van der Waals surface area contributed by atoms with Gasteiger partial charge in [-0.05, 0) is 29.6 Å². The van der Waals surface area contributed by atoms with Gasteiger partial charge in [-0.1, -0.05) is 60.1 Å². The predicted octanol–water partition coefficient (Wildman–Crippen LogP) is 0.636. The lowest BCUT2D eigenvalue weighted by molar-refractivity contribution is -0.187. The number of carbonyl (C=O) groups is 3. The second kappa shape index (κ2) is 11.2. The monoisotopic (exact) mass is 493 g/mol. The van der Waals surface area contributed by atoms with Gasteiger partial charge in [-0.3, -0.25) is 9.59 Å². The number of rotatable bonds is 7. The summed E-state index contributed by atoms with van der Waals surface area (Å²) in [5.74, 6) is 0.569. The number of nitrogens with zero attached hydrogens (tertiary/aromatic N) is 4. The zero-order valence-electron chi connectivity index (χ0n) is 20.5. The Labute approximate surface area is 212 Å². The van der Waals surface area contributed by atoms with Crippen LogP contribution in [0.1, 0.15) is 17.5 Å². The molecule has 0 unspecified atom stereocenters. The molecule has 0 aromatic heterocycles. The Morgan fingerprint density at radius 3 is 2.57 bits per heavy atom. The van der Waals surface area contributed by atoms with E-state index in [9.17, 15) is 14.4 Å². The lowest BCUT2D eigenvalue weighted by Gasteiger charge is -2.54. The Balaban J connectivity index is 1.60. The molecule has 2 fully saturated rings. The highest BCUT2D eigenvalue weighted by molar-refractivity contribution is 7.98. The van der Waals surface area contributed by atoms with E-state index in [0.29, 0.717) is 19.5 Å². The molecule has 0 aliphatic carbocycles. The smallest absolute Gasteiger partial charge is 0.333 e. The first kappa shape index (κ1) is 25.1. The SMILES string of the molecule is Bc1cccc(CN2C[C@H]3N(C(=O)CN(C)N3C(=O)NCc3ccccc3)[C@@H](CCSC)C2=O)c1. The third-order valence-electron chi connectivity index (χ3n) is 6.49. The van der Waals surface area contributed by atoms with E-state index in [1.807, 2.05) is 62.6 Å². The van der Waals surface area contributed by atoms with Gasteiger partial charge in [0.2, 0.25) is 11.8 Å². The fourth-order valence-corrected chi connectivity index (χ4v) is 5.30. The summed E-state index contributed by atoms with van der Waals surface area (Å²) in [5.41, 5.74) is 3.15. The van der Waals surface area contributed by atoms with E-state index in [4.69, 9.17) is 0 Å². The van der Waals surface area contributed by atoms with Crippen LogP contribution in [0, 0.1) is 0 Å². The van der Waals surface area contributed by atoms with Crippen LogP contribution in [-0.4, -0.2) is 89.9 Å². The van der Waals surface area contributed by atoms with Crippen LogP contribution in [0.25, 0.3) is 0 Å². The van der Waals surface area contributed by atoms with Crippen molar-refractivity contribution in [3.63, 3.8) is 0 Å². The number of nitrogens with one attached hydrogen (secondary N) is 1. The van der Waals surface area contributed by atoms with Crippen molar-refractivity contribution in [1.82, 2.24) is 25.1 Å². The standard InChI is InChI=1S/C25H32BN5O3S/c1-28-17-23(32)30-21(11-12-35-2)24(33)29(15-19-9-6-10-20(26)13-19)16-22(30)31(28)25(34)27-14-18-7-4-3-5-8-18/h3-10,13,21-22H,11-12,14-17,26H2,1-2H3,(H,27,34)/t21-,22-/m0/s1. The number of fused-ring (bicyclic) bond motifs is 1. The van der Waals surface area contributed by atoms with Crippen LogP contribution in [0.2, 0.25) is 0 Å². The molecule has 2 heterocycles. The average molecular weight is 493 g/mol. The molecule has 35 heavy (non-hydrogen) atoms. The third-order valence-corrected chi connectivity index (χ3v) is 7.13. The summed E-state index contributed by atoms with van der Waals surface area (Å²) in [6.07, 6.45) is 1.98. The van der Waals surface area contributed by atoms with Gasteiger partial charge >= 0.3 is 6.03 Å². The van der Waals surface area contributed by atoms with Gasteiger partial charge in [-0.25, -0.2) is 14.8 Å². The van der Waals surface area contributed by atoms with Crippen molar-refractivity contribution in [1.29, 1.82) is 0 Å². The predicted molar refractivity (Wildman–Crippen MR) is 141 cm³/mol. The van der Waals surface area contributed by atoms with Crippen molar-refractivity contribution >= 4 is 42.9 Å². The summed E-state index contributed by atoms with van der Waals surface area (Å²) >= 11 is 1.65. The molecule has 1 N–H and O–H groups in total. The van der Waals surface area contributed by atoms with Crippen LogP contribution in [0.5, 0.6) is 0 Å². The molecule has 0 bridgehead atoms. The lowest BCUT2D eigenvalue weighted by Crippen LogP contribution is -2.75. The maximum Gasteiger partial charge on any atom is 0.334 e. The van der Waals surface area contributed by atoms with E-state index in [-0.39, 0.29) is 30.9 Å². The summed E-state index contributed by atoms with van der Waals surface area (Å²) in [4.78, 5) is 43.6. The quantitative estimate of drug-likeness (QED) is 0.573. The van der Waals surface area contributed by atoms with Gasteiger partial charge in [0.25, 0.3) is 0 Å². The van der Waals surface area contributed by atoms with Crippen LogP contribution in [0.3, 0.4) is 0 Å².